The third-order valence-corrected chi connectivity index (χ3v) is 5.16. The Kier molecular flexibility index (Phi) is 4.57. The van der Waals surface area contributed by atoms with Crippen LogP contribution in [0.25, 0.3) is 5.69 Å². The van der Waals surface area contributed by atoms with Gasteiger partial charge in [-0.15, -0.1) is 0 Å². The molecule has 1 fully saturated rings. The van der Waals surface area contributed by atoms with E-state index < -0.39 is 0 Å². The summed E-state index contributed by atoms with van der Waals surface area (Å²) in [5.74, 6) is 0.111. The highest BCUT2D eigenvalue weighted by Gasteiger charge is 2.44. The van der Waals surface area contributed by atoms with Gasteiger partial charge in [0, 0.05) is 24.6 Å². The number of amides is 1. The Labute approximate surface area is 153 Å². The highest BCUT2D eigenvalue weighted by atomic mass is 16.1. The summed E-state index contributed by atoms with van der Waals surface area (Å²) in [7, 11) is 0. The van der Waals surface area contributed by atoms with Crippen molar-refractivity contribution < 1.29 is 4.79 Å². The predicted molar refractivity (Wildman–Crippen MR) is 102 cm³/mol. The molecule has 0 atom stereocenters. The zero-order valence-corrected chi connectivity index (χ0v) is 14.8. The van der Waals surface area contributed by atoms with Gasteiger partial charge < -0.3 is 5.32 Å². The lowest BCUT2D eigenvalue weighted by Gasteiger charge is -2.16. The number of nitrogens with one attached hydrogen (secondary N) is 1. The van der Waals surface area contributed by atoms with Crippen LogP contribution in [0.3, 0.4) is 0 Å². The first-order chi connectivity index (χ1) is 12.8. The Bertz CT molecular complexity index is 867. The van der Waals surface area contributed by atoms with Crippen LogP contribution in [0.15, 0.2) is 73.1 Å². The zero-order valence-electron chi connectivity index (χ0n) is 14.8. The van der Waals surface area contributed by atoms with E-state index in [1.165, 1.54) is 5.56 Å². The Morgan fingerprint density at radius 3 is 2.42 bits per heavy atom. The van der Waals surface area contributed by atoms with E-state index in [9.17, 15) is 4.79 Å². The van der Waals surface area contributed by atoms with Crippen molar-refractivity contribution in [1.82, 2.24) is 15.1 Å². The highest BCUT2D eigenvalue weighted by molar-refractivity contribution is 5.76. The van der Waals surface area contributed by atoms with Crippen LogP contribution in [0.1, 0.15) is 30.4 Å². The van der Waals surface area contributed by atoms with Crippen LogP contribution in [-0.4, -0.2) is 22.2 Å². The summed E-state index contributed by atoms with van der Waals surface area (Å²) in [6, 6.07) is 20.5. The van der Waals surface area contributed by atoms with Gasteiger partial charge in [0.05, 0.1) is 11.9 Å². The highest BCUT2D eigenvalue weighted by Crippen LogP contribution is 2.47. The molecule has 1 aliphatic carbocycles. The largest absolute Gasteiger partial charge is 0.355 e. The second-order valence-corrected chi connectivity index (χ2v) is 7.05. The van der Waals surface area contributed by atoms with Crippen molar-refractivity contribution in [3.63, 3.8) is 0 Å². The number of hydrogen-bond donors (Lipinski definition) is 1. The van der Waals surface area contributed by atoms with Gasteiger partial charge in [-0.1, -0.05) is 48.5 Å². The second kappa shape index (κ2) is 7.16. The molecule has 0 radical (unpaired) electrons. The molecule has 0 spiro atoms. The van der Waals surface area contributed by atoms with E-state index in [2.05, 4.69) is 34.7 Å². The molecule has 0 unspecified atom stereocenters. The molecule has 2 aromatic carbocycles. The first-order valence-corrected chi connectivity index (χ1v) is 9.16. The molecule has 0 saturated heterocycles. The number of aromatic nitrogens is 2. The van der Waals surface area contributed by atoms with Crippen LogP contribution < -0.4 is 5.32 Å². The number of hydrogen-bond acceptors (Lipinski definition) is 2. The summed E-state index contributed by atoms with van der Waals surface area (Å²) in [5, 5.41) is 7.51. The summed E-state index contributed by atoms with van der Waals surface area (Å²) in [5.41, 5.74) is 3.61. The van der Waals surface area contributed by atoms with E-state index in [1.807, 2.05) is 53.5 Å². The number of carbonyl (C=O) groups excluding carboxylic acids is 1. The molecular formula is C22H23N3O. The molecule has 1 aromatic heterocycles. The third kappa shape index (κ3) is 3.69. The van der Waals surface area contributed by atoms with Crippen molar-refractivity contribution in [2.75, 3.05) is 6.54 Å². The minimum Gasteiger partial charge on any atom is -0.355 e. The van der Waals surface area contributed by atoms with Crippen LogP contribution in [0, 0.1) is 0 Å². The van der Waals surface area contributed by atoms with Crippen molar-refractivity contribution in [3.05, 3.63) is 84.2 Å². The summed E-state index contributed by atoms with van der Waals surface area (Å²) in [6.07, 6.45) is 7.34. The monoisotopic (exact) mass is 345 g/mol. The van der Waals surface area contributed by atoms with Crippen molar-refractivity contribution in [2.24, 2.45) is 0 Å². The summed E-state index contributed by atoms with van der Waals surface area (Å²) in [4.78, 5) is 12.3. The van der Waals surface area contributed by atoms with Crippen molar-refractivity contribution >= 4 is 5.91 Å². The molecule has 4 nitrogen and oxygen atoms in total. The third-order valence-electron chi connectivity index (χ3n) is 5.16. The van der Waals surface area contributed by atoms with Gasteiger partial charge >= 0.3 is 0 Å². The molecule has 1 saturated carbocycles. The van der Waals surface area contributed by atoms with E-state index in [0.29, 0.717) is 12.8 Å². The predicted octanol–water partition coefficient (Wildman–Crippen LogP) is 3.65. The molecule has 1 amide bonds. The molecule has 0 aliphatic heterocycles. The van der Waals surface area contributed by atoms with E-state index in [-0.39, 0.29) is 11.3 Å². The Hall–Kier alpha value is -2.88. The normalized spacial score (nSPS) is 14.8. The number of benzene rings is 2. The van der Waals surface area contributed by atoms with Gasteiger partial charge in [0.1, 0.15) is 0 Å². The van der Waals surface area contributed by atoms with Gasteiger partial charge in [0.25, 0.3) is 0 Å². The van der Waals surface area contributed by atoms with Gasteiger partial charge in [0.15, 0.2) is 0 Å². The number of carbonyl (C=O) groups is 1. The van der Waals surface area contributed by atoms with Crippen molar-refractivity contribution in [3.8, 4) is 5.69 Å². The van der Waals surface area contributed by atoms with Gasteiger partial charge in [-0.3, -0.25) is 4.79 Å². The van der Waals surface area contributed by atoms with E-state index >= 15 is 0 Å². The maximum Gasteiger partial charge on any atom is 0.220 e. The molecule has 4 rings (SSSR count). The van der Waals surface area contributed by atoms with Crippen LogP contribution in [0.2, 0.25) is 0 Å². The van der Waals surface area contributed by atoms with Crippen molar-refractivity contribution in [2.45, 2.75) is 31.1 Å². The molecule has 26 heavy (non-hydrogen) atoms. The standard InChI is InChI=1S/C22H23N3O/c26-21(23-17-22(13-14-22)19-7-3-1-4-8-19)12-11-18-15-24-25(16-18)20-9-5-2-6-10-20/h1-10,15-16H,11-14,17H2,(H,23,26). The quantitative estimate of drug-likeness (QED) is 0.710. The fourth-order valence-corrected chi connectivity index (χ4v) is 3.34. The van der Waals surface area contributed by atoms with E-state index in [0.717, 1.165) is 30.6 Å². The lowest BCUT2D eigenvalue weighted by atomic mass is 9.96. The number of nitrogens with zero attached hydrogens (tertiary/aromatic N) is 2. The van der Waals surface area contributed by atoms with Crippen LogP contribution in [-0.2, 0) is 16.6 Å². The fraction of sp³-hybridized carbons (Fsp3) is 0.273. The Morgan fingerprint density at radius 2 is 1.73 bits per heavy atom. The summed E-state index contributed by atoms with van der Waals surface area (Å²) < 4.78 is 1.85. The molecule has 1 aliphatic rings. The van der Waals surface area contributed by atoms with E-state index in [4.69, 9.17) is 0 Å². The summed E-state index contributed by atoms with van der Waals surface area (Å²) >= 11 is 0. The minimum absolute atomic E-state index is 0.111. The average Bonchev–Trinajstić information content (AvgIpc) is 3.35. The number of aryl methyl sites for hydroxylation is 1. The first kappa shape index (κ1) is 16.6. The average molecular weight is 345 g/mol. The molecule has 1 N–H and O–H groups in total. The van der Waals surface area contributed by atoms with Crippen LogP contribution >= 0.6 is 0 Å². The maximum atomic E-state index is 12.3. The first-order valence-electron chi connectivity index (χ1n) is 9.16. The fourth-order valence-electron chi connectivity index (χ4n) is 3.34. The molecule has 4 heteroatoms. The molecule has 1 heterocycles. The number of para-hydroxylation sites is 1. The van der Waals surface area contributed by atoms with Gasteiger partial charge in [-0.05, 0) is 42.5 Å². The SMILES string of the molecule is O=C(CCc1cnn(-c2ccccc2)c1)NCC1(c2ccccc2)CC1. The lowest BCUT2D eigenvalue weighted by molar-refractivity contribution is -0.121. The van der Waals surface area contributed by atoms with Crippen LogP contribution in [0.4, 0.5) is 0 Å². The Balaban J connectivity index is 1.28. The summed E-state index contributed by atoms with van der Waals surface area (Å²) in [6.45, 7) is 0.735. The molecular weight excluding hydrogens is 322 g/mol. The lowest BCUT2D eigenvalue weighted by Crippen LogP contribution is -2.32. The van der Waals surface area contributed by atoms with Gasteiger partial charge in [-0.2, -0.15) is 5.10 Å². The molecule has 132 valence electrons. The minimum atomic E-state index is 0.111. The van der Waals surface area contributed by atoms with Gasteiger partial charge in [-0.25, -0.2) is 4.68 Å². The molecule has 3 aromatic rings. The van der Waals surface area contributed by atoms with Crippen molar-refractivity contribution in [1.29, 1.82) is 0 Å². The maximum absolute atomic E-state index is 12.3. The van der Waals surface area contributed by atoms with Crippen LogP contribution in [0.5, 0.6) is 0 Å². The smallest absolute Gasteiger partial charge is 0.220 e. The van der Waals surface area contributed by atoms with Gasteiger partial charge in [0.2, 0.25) is 5.91 Å². The Morgan fingerprint density at radius 1 is 1.04 bits per heavy atom. The molecule has 0 bridgehead atoms. The zero-order chi connectivity index (χ0) is 17.8. The second-order valence-electron chi connectivity index (χ2n) is 7.05. The van der Waals surface area contributed by atoms with E-state index in [1.54, 1.807) is 0 Å². The number of rotatable bonds is 7. The topological polar surface area (TPSA) is 46.9 Å².